The second-order valence-corrected chi connectivity index (χ2v) is 4.26. The van der Waals surface area contributed by atoms with Crippen molar-refractivity contribution in [3.8, 4) is 5.75 Å². The number of nitrogens with one attached hydrogen (secondary N) is 2. The maximum Gasteiger partial charge on any atom is 0.182 e. The number of ether oxygens (including phenoxy) is 1. The van der Waals surface area contributed by atoms with Gasteiger partial charge in [0, 0.05) is 11.5 Å². The highest BCUT2D eigenvalue weighted by Gasteiger charge is 2.04. The van der Waals surface area contributed by atoms with Gasteiger partial charge in [0.2, 0.25) is 0 Å². The zero-order valence-corrected chi connectivity index (χ0v) is 12.2. The largest absolute Gasteiger partial charge is 0.497 e. The summed E-state index contributed by atoms with van der Waals surface area (Å²) in [7, 11) is 1.63. The molecule has 19 heavy (non-hydrogen) atoms. The molecule has 0 spiro atoms. The van der Waals surface area contributed by atoms with Gasteiger partial charge >= 0.3 is 0 Å². The highest BCUT2D eigenvalue weighted by atomic mass is 35.5. The number of anilines is 1. The Kier molecular flexibility index (Phi) is 5.14. The predicted octanol–water partition coefficient (Wildman–Crippen LogP) is 2.13. The Balaban J connectivity index is 0.00000180. The van der Waals surface area contributed by atoms with E-state index < -0.39 is 0 Å². The van der Waals surface area contributed by atoms with Crippen LogP contribution in [0, 0.1) is 6.92 Å². The highest BCUT2D eigenvalue weighted by molar-refractivity contribution is 7.80. The van der Waals surface area contributed by atoms with Crippen LogP contribution in [-0.4, -0.2) is 17.2 Å². The Bertz CT molecular complexity index is 606. The predicted molar refractivity (Wildman–Crippen MR) is 83.8 cm³/mol. The normalized spacial score (nSPS) is 9.58. The number of hydrogen-bond acceptors (Lipinski definition) is 4. The molecular formula is C12H15ClN4OS. The molecule has 0 aliphatic rings. The van der Waals surface area contributed by atoms with E-state index in [9.17, 15) is 0 Å². The van der Waals surface area contributed by atoms with E-state index in [2.05, 4.69) is 15.8 Å². The number of benzene rings is 1. The molecule has 2 aromatic rings. The lowest BCUT2D eigenvalue weighted by atomic mass is 10.1. The lowest BCUT2D eigenvalue weighted by Crippen LogP contribution is -2.34. The summed E-state index contributed by atoms with van der Waals surface area (Å²) >= 11 is 4.72. The lowest BCUT2D eigenvalue weighted by Gasteiger charge is -2.10. The van der Waals surface area contributed by atoms with Crippen LogP contribution in [0.2, 0.25) is 0 Å². The lowest BCUT2D eigenvalue weighted by molar-refractivity contribution is 0.415. The minimum Gasteiger partial charge on any atom is -0.497 e. The van der Waals surface area contributed by atoms with Crippen molar-refractivity contribution in [3.05, 3.63) is 29.8 Å². The molecule has 2 rings (SSSR count). The summed E-state index contributed by atoms with van der Waals surface area (Å²) < 4.78 is 5.18. The second-order valence-electron chi connectivity index (χ2n) is 3.82. The van der Waals surface area contributed by atoms with Crippen LogP contribution in [0.5, 0.6) is 5.75 Å². The van der Waals surface area contributed by atoms with Crippen LogP contribution in [-0.2, 0) is 0 Å². The number of hydrogen-bond donors (Lipinski definition) is 3. The Morgan fingerprint density at radius 3 is 2.74 bits per heavy atom. The van der Waals surface area contributed by atoms with E-state index in [-0.39, 0.29) is 17.5 Å². The first-order valence-corrected chi connectivity index (χ1v) is 5.78. The monoisotopic (exact) mass is 298 g/mol. The van der Waals surface area contributed by atoms with Gasteiger partial charge in [-0.25, -0.2) is 4.98 Å². The first-order valence-electron chi connectivity index (χ1n) is 5.37. The van der Waals surface area contributed by atoms with Crippen molar-refractivity contribution in [2.45, 2.75) is 6.92 Å². The summed E-state index contributed by atoms with van der Waals surface area (Å²) in [6.07, 6.45) is 0. The SMILES string of the molecule is COc1ccc2c(C)cc(NNC(N)=S)nc2c1.Cl. The van der Waals surface area contributed by atoms with Crippen molar-refractivity contribution in [3.63, 3.8) is 0 Å². The van der Waals surface area contributed by atoms with E-state index in [1.807, 2.05) is 31.2 Å². The Hall–Kier alpha value is -1.79. The van der Waals surface area contributed by atoms with Gasteiger partial charge < -0.3 is 10.5 Å². The average molecular weight is 299 g/mol. The van der Waals surface area contributed by atoms with Gasteiger partial charge in [-0.05, 0) is 42.9 Å². The molecule has 0 aliphatic carbocycles. The fraction of sp³-hybridized carbons (Fsp3) is 0.167. The van der Waals surface area contributed by atoms with Crippen molar-refractivity contribution in [2.24, 2.45) is 5.73 Å². The molecule has 0 saturated heterocycles. The molecule has 0 aliphatic heterocycles. The zero-order chi connectivity index (χ0) is 13.1. The smallest absolute Gasteiger partial charge is 0.182 e. The maximum atomic E-state index is 5.35. The second kappa shape index (κ2) is 6.40. The minimum absolute atomic E-state index is 0. The van der Waals surface area contributed by atoms with Crippen molar-refractivity contribution in [1.82, 2.24) is 10.4 Å². The minimum atomic E-state index is 0. The molecule has 5 nitrogen and oxygen atoms in total. The fourth-order valence-corrected chi connectivity index (χ4v) is 1.75. The Morgan fingerprint density at radius 2 is 2.11 bits per heavy atom. The number of nitrogens with zero attached hydrogens (tertiary/aromatic N) is 1. The summed E-state index contributed by atoms with van der Waals surface area (Å²) in [6.45, 7) is 2.02. The van der Waals surface area contributed by atoms with Gasteiger partial charge in [-0.3, -0.25) is 10.9 Å². The van der Waals surface area contributed by atoms with E-state index in [0.29, 0.717) is 5.82 Å². The molecule has 102 valence electrons. The van der Waals surface area contributed by atoms with Crippen LogP contribution in [0.4, 0.5) is 5.82 Å². The van der Waals surface area contributed by atoms with Gasteiger partial charge in [-0.1, -0.05) is 0 Å². The number of aromatic nitrogens is 1. The molecule has 0 bridgehead atoms. The summed E-state index contributed by atoms with van der Waals surface area (Å²) in [5.41, 5.74) is 12.8. The molecule has 0 unspecified atom stereocenters. The van der Waals surface area contributed by atoms with E-state index in [1.54, 1.807) is 7.11 Å². The Labute approximate surface area is 122 Å². The van der Waals surface area contributed by atoms with Gasteiger partial charge in [-0.2, -0.15) is 0 Å². The van der Waals surface area contributed by atoms with E-state index in [1.165, 1.54) is 0 Å². The number of halogens is 1. The number of fused-ring (bicyclic) bond motifs is 1. The van der Waals surface area contributed by atoms with Crippen LogP contribution in [0.25, 0.3) is 10.9 Å². The zero-order valence-electron chi connectivity index (χ0n) is 10.6. The molecule has 0 fully saturated rings. The van der Waals surface area contributed by atoms with Gasteiger partial charge in [-0.15, -0.1) is 12.4 Å². The standard InChI is InChI=1S/C12H14N4OS.ClH/c1-7-5-11(15-16-12(13)18)14-10-6-8(17-2)3-4-9(7)10;/h3-6H,1-2H3,(H,14,15)(H3,13,16,18);1H. The molecule has 7 heteroatoms. The third-order valence-corrected chi connectivity index (χ3v) is 2.64. The summed E-state index contributed by atoms with van der Waals surface area (Å²) in [6, 6.07) is 7.70. The van der Waals surface area contributed by atoms with Gasteiger partial charge in [0.1, 0.15) is 11.6 Å². The molecule has 0 saturated carbocycles. The van der Waals surface area contributed by atoms with E-state index in [4.69, 9.17) is 22.7 Å². The average Bonchev–Trinajstić information content (AvgIpc) is 2.35. The van der Waals surface area contributed by atoms with Gasteiger partial charge in [0.25, 0.3) is 0 Å². The number of aryl methyl sites for hydroxylation is 1. The number of thiocarbonyl (C=S) groups is 1. The summed E-state index contributed by atoms with van der Waals surface area (Å²) in [5.74, 6) is 1.43. The first kappa shape index (κ1) is 15.3. The molecule has 1 aromatic carbocycles. The van der Waals surface area contributed by atoms with Gasteiger partial charge in [0.05, 0.1) is 12.6 Å². The van der Waals surface area contributed by atoms with Crippen molar-refractivity contribution < 1.29 is 4.74 Å². The highest BCUT2D eigenvalue weighted by Crippen LogP contribution is 2.23. The summed E-state index contributed by atoms with van der Waals surface area (Å²) in [5, 5.41) is 1.25. The number of pyridine rings is 1. The van der Waals surface area contributed by atoms with Crippen molar-refractivity contribution in [2.75, 3.05) is 12.5 Å². The molecule has 0 amide bonds. The van der Waals surface area contributed by atoms with Crippen LogP contribution in [0.3, 0.4) is 0 Å². The van der Waals surface area contributed by atoms with Crippen LogP contribution < -0.4 is 21.3 Å². The maximum absolute atomic E-state index is 5.35. The first-order chi connectivity index (χ1) is 8.60. The quantitative estimate of drug-likeness (QED) is 0.596. The van der Waals surface area contributed by atoms with Crippen LogP contribution in [0.1, 0.15) is 5.56 Å². The van der Waals surface area contributed by atoms with Crippen molar-refractivity contribution in [1.29, 1.82) is 0 Å². The van der Waals surface area contributed by atoms with E-state index in [0.717, 1.165) is 22.2 Å². The number of nitrogens with two attached hydrogens (primary N) is 1. The third-order valence-electron chi connectivity index (χ3n) is 2.54. The number of hydrazine groups is 1. The molecule has 0 atom stereocenters. The van der Waals surface area contributed by atoms with Crippen LogP contribution in [0.15, 0.2) is 24.3 Å². The molecule has 1 aromatic heterocycles. The fourth-order valence-electron chi connectivity index (χ4n) is 1.70. The third kappa shape index (κ3) is 3.59. The molecule has 1 heterocycles. The van der Waals surface area contributed by atoms with E-state index >= 15 is 0 Å². The topological polar surface area (TPSA) is 72.2 Å². The Morgan fingerprint density at radius 1 is 1.37 bits per heavy atom. The number of methoxy groups -OCH3 is 1. The molecule has 4 N–H and O–H groups in total. The molecular weight excluding hydrogens is 284 g/mol. The number of rotatable bonds is 3. The summed E-state index contributed by atoms with van der Waals surface area (Å²) in [4.78, 5) is 4.45. The van der Waals surface area contributed by atoms with Crippen LogP contribution >= 0.6 is 24.6 Å². The van der Waals surface area contributed by atoms with Gasteiger partial charge in [0.15, 0.2) is 5.11 Å². The molecule has 0 radical (unpaired) electrons. The van der Waals surface area contributed by atoms with Crippen molar-refractivity contribution >= 4 is 46.5 Å².